The van der Waals surface area contributed by atoms with Crippen LogP contribution in [0.15, 0.2) is 24.3 Å². The number of aryl methyl sites for hydroxylation is 1. The second kappa shape index (κ2) is 5.65. The summed E-state index contributed by atoms with van der Waals surface area (Å²) in [5.74, 6) is 0. The summed E-state index contributed by atoms with van der Waals surface area (Å²) in [7, 11) is 0. The van der Waals surface area contributed by atoms with Crippen molar-refractivity contribution >= 4 is 0 Å². The van der Waals surface area contributed by atoms with Crippen LogP contribution in [0.4, 0.5) is 0 Å². The Labute approximate surface area is 104 Å². The molecule has 2 rings (SSSR count). The van der Waals surface area contributed by atoms with Crippen LogP contribution in [0.1, 0.15) is 37.3 Å². The molecule has 17 heavy (non-hydrogen) atoms. The fraction of sp³-hybridized carbons (Fsp3) is 0.600. The largest absolute Gasteiger partial charge is 0.381 e. The van der Waals surface area contributed by atoms with Gasteiger partial charge in [0, 0.05) is 18.8 Å². The van der Waals surface area contributed by atoms with E-state index in [1.54, 1.807) is 0 Å². The molecule has 1 unspecified atom stereocenters. The van der Waals surface area contributed by atoms with Crippen molar-refractivity contribution < 1.29 is 4.74 Å². The standard InChI is InChI=1S/C15H23NO/c1-2-10-17-11-9-15(16)8-7-13-5-3-4-6-14(13)12-15/h3-6H,2,7-12,16H2,1H3. The van der Waals surface area contributed by atoms with Crippen molar-refractivity contribution in [2.24, 2.45) is 5.73 Å². The third-order valence-electron chi connectivity index (χ3n) is 3.65. The minimum atomic E-state index is -0.0535. The Balaban J connectivity index is 1.91. The Morgan fingerprint density at radius 2 is 2.00 bits per heavy atom. The molecule has 0 amide bonds. The van der Waals surface area contributed by atoms with Gasteiger partial charge in [-0.2, -0.15) is 0 Å². The first-order valence-electron chi connectivity index (χ1n) is 6.67. The van der Waals surface area contributed by atoms with Gasteiger partial charge in [0.25, 0.3) is 0 Å². The highest BCUT2D eigenvalue weighted by atomic mass is 16.5. The highest BCUT2D eigenvalue weighted by Crippen LogP contribution is 2.29. The number of ether oxygens (including phenoxy) is 1. The first-order chi connectivity index (χ1) is 8.23. The Morgan fingerprint density at radius 3 is 2.76 bits per heavy atom. The fourth-order valence-corrected chi connectivity index (χ4v) is 2.56. The second-order valence-corrected chi connectivity index (χ2v) is 5.17. The predicted molar refractivity (Wildman–Crippen MR) is 71.1 cm³/mol. The van der Waals surface area contributed by atoms with Gasteiger partial charge in [0.05, 0.1) is 0 Å². The molecule has 94 valence electrons. The van der Waals surface area contributed by atoms with E-state index in [0.717, 1.165) is 45.3 Å². The Hall–Kier alpha value is -0.860. The number of fused-ring (bicyclic) bond motifs is 1. The van der Waals surface area contributed by atoms with Crippen LogP contribution < -0.4 is 5.73 Å². The van der Waals surface area contributed by atoms with Gasteiger partial charge in [0.2, 0.25) is 0 Å². The van der Waals surface area contributed by atoms with E-state index >= 15 is 0 Å². The van der Waals surface area contributed by atoms with Gasteiger partial charge in [0.1, 0.15) is 0 Å². The monoisotopic (exact) mass is 233 g/mol. The van der Waals surface area contributed by atoms with Crippen molar-refractivity contribution in [2.75, 3.05) is 13.2 Å². The summed E-state index contributed by atoms with van der Waals surface area (Å²) in [5.41, 5.74) is 9.33. The molecule has 1 aliphatic rings. The number of hydrogen-bond acceptors (Lipinski definition) is 2. The van der Waals surface area contributed by atoms with Gasteiger partial charge in [0.15, 0.2) is 0 Å². The number of rotatable bonds is 5. The first kappa shape index (κ1) is 12.6. The zero-order chi connectivity index (χ0) is 12.1. The summed E-state index contributed by atoms with van der Waals surface area (Å²) in [6.45, 7) is 3.79. The smallest absolute Gasteiger partial charge is 0.0483 e. The molecule has 0 fully saturated rings. The summed E-state index contributed by atoms with van der Waals surface area (Å²) < 4.78 is 5.56. The zero-order valence-electron chi connectivity index (χ0n) is 10.7. The van der Waals surface area contributed by atoms with E-state index in [4.69, 9.17) is 10.5 Å². The quantitative estimate of drug-likeness (QED) is 0.794. The molecule has 0 heterocycles. The molecular weight excluding hydrogens is 210 g/mol. The van der Waals surface area contributed by atoms with Crippen molar-refractivity contribution in [1.82, 2.24) is 0 Å². The minimum absolute atomic E-state index is 0.0535. The van der Waals surface area contributed by atoms with Crippen LogP contribution in [0.3, 0.4) is 0 Å². The molecule has 2 N–H and O–H groups in total. The molecule has 1 aliphatic carbocycles. The molecule has 1 aromatic carbocycles. The maximum absolute atomic E-state index is 6.48. The summed E-state index contributed by atoms with van der Waals surface area (Å²) in [5, 5.41) is 0. The Kier molecular flexibility index (Phi) is 4.19. The Bertz CT molecular complexity index is 364. The van der Waals surface area contributed by atoms with Crippen LogP contribution in [-0.2, 0) is 17.6 Å². The zero-order valence-corrected chi connectivity index (χ0v) is 10.7. The van der Waals surface area contributed by atoms with Crippen LogP contribution in [-0.4, -0.2) is 18.8 Å². The molecule has 0 radical (unpaired) electrons. The van der Waals surface area contributed by atoms with E-state index in [-0.39, 0.29) is 5.54 Å². The van der Waals surface area contributed by atoms with Crippen LogP contribution in [0.2, 0.25) is 0 Å². The molecule has 0 saturated heterocycles. The SMILES string of the molecule is CCCOCCC1(N)CCc2ccccc2C1. The van der Waals surface area contributed by atoms with Crippen molar-refractivity contribution in [3.05, 3.63) is 35.4 Å². The molecule has 0 saturated carbocycles. The average Bonchev–Trinajstić information content (AvgIpc) is 2.35. The maximum atomic E-state index is 6.48. The van der Waals surface area contributed by atoms with E-state index < -0.39 is 0 Å². The van der Waals surface area contributed by atoms with Gasteiger partial charge in [-0.3, -0.25) is 0 Å². The maximum Gasteiger partial charge on any atom is 0.0483 e. The molecule has 2 nitrogen and oxygen atoms in total. The topological polar surface area (TPSA) is 35.2 Å². The molecule has 1 atom stereocenters. The number of hydrogen-bond donors (Lipinski definition) is 1. The fourth-order valence-electron chi connectivity index (χ4n) is 2.56. The van der Waals surface area contributed by atoms with Crippen molar-refractivity contribution in [2.45, 2.75) is 44.6 Å². The van der Waals surface area contributed by atoms with Gasteiger partial charge in [-0.15, -0.1) is 0 Å². The molecule has 2 heteroatoms. The van der Waals surface area contributed by atoms with E-state index in [0.29, 0.717) is 0 Å². The number of nitrogens with two attached hydrogens (primary N) is 1. The summed E-state index contributed by atoms with van der Waals surface area (Å²) in [6.07, 6.45) is 5.25. The van der Waals surface area contributed by atoms with E-state index in [2.05, 4.69) is 31.2 Å². The lowest BCUT2D eigenvalue weighted by atomic mass is 9.77. The average molecular weight is 233 g/mol. The first-order valence-corrected chi connectivity index (χ1v) is 6.67. The molecule has 0 aliphatic heterocycles. The van der Waals surface area contributed by atoms with Gasteiger partial charge < -0.3 is 10.5 Å². The Morgan fingerprint density at radius 1 is 1.24 bits per heavy atom. The molecule has 0 bridgehead atoms. The number of benzene rings is 1. The van der Waals surface area contributed by atoms with E-state index in [9.17, 15) is 0 Å². The van der Waals surface area contributed by atoms with Gasteiger partial charge in [-0.1, -0.05) is 31.2 Å². The van der Waals surface area contributed by atoms with Gasteiger partial charge in [-0.25, -0.2) is 0 Å². The molecule has 0 spiro atoms. The summed E-state index contributed by atoms with van der Waals surface area (Å²) >= 11 is 0. The van der Waals surface area contributed by atoms with Crippen LogP contribution in [0, 0.1) is 0 Å². The second-order valence-electron chi connectivity index (χ2n) is 5.17. The van der Waals surface area contributed by atoms with E-state index in [1.165, 1.54) is 11.1 Å². The lowest BCUT2D eigenvalue weighted by Crippen LogP contribution is -2.46. The van der Waals surface area contributed by atoms with Crippen LogP contribution in [0.25, 0.3) is 0 Å². The highest BCUT2D eigenvalue weighted by molar-refractivity contribution is 5.32. The van der Waals surface area contributed by atoms with Crippen molar-refractivity contribution in [3.8, 4) is 0 Å². The predicted octanol–water partition coefficient (Wildman–Crippen LogP) is 2.69. The van der Waals surface area contributed by atoms with Crippen LogP contribution in [0.5, 0.6) is 0 Å². The third-order valence-corrected chi connectivity index (χ3v) is 3.65. The third kappa shape index (κ3) is 3.30. The van der Waals surface area contributed by atoms with Gasteiger partial charge in [-0.05, 0) is 43.2 Å². The van der Waals surface area contributed by atoms with Crippen molar-refractivity contribution in [3.63, 3.8) is 0 Å². The lowest BCUT2D eigenvalue weighted by molar-refractivity contribution is 0.111. The normalized spacial score (nSPS) is 23.4. The molecule has 1 aromatic rings. The highest BCUT2D eigenvalue weighted by Gasteiger charge is 2.29. The van der Waals surface area contributed by atoms with E-state index in [1.807, 2.05) is 0 Å². The summed E-state index contributed by atoms with van der Waals surface area (Å²) in [6, 6.07) is 8.66. The molecular formula is C15H23NO. The van der Waals surface area contributed by atoms with Crippen LogP contribution >= 0.6 is 0 Å². The van der Waals surface area contributed by atoms with Gasteiger partial charge >= 0.3 is 0 Å². The molecule has 0 aromatic heterocycles. The summed E-state index contributed by atoms with van der Waals surface area (Å²) in [4.78, 5) is 0. The minimum Gasteiger partial charge on any atom is -0.381 e. The lowest BCUT2D eigenvalue weighted by Gasteiger charge is -2.34. The van der Waals surface area contributed by atoms with Crippen molar-refractivity contribution in [1.29, 1.82) is 0 Å².